The van der Waals surface area contributed by atoms with E-state index in [0.717, 1.165) is 16.2 Å². The normalized spacial score (nSPS) is 12.9. The quantitative estimate of drug-likeness (QED) is 0.582. The largest absolute Gasteiger partial charge is 0.497 e. The lowest BCUT2D eigenvalue weighted by Gasteiger charge is -2.21. The van der Waals surface area contributed by atoms with Gasteiger partial charge in [0.05, 0.1) is 14.2 Å². The molecule has 1 N–H and O–H groups in total. The Morgan fingerprint density at radius 2 is 1.83 bits per heavy atom. The van der Waals surface area contributed by atoms with E-state index >= 15 is 0 Å². The number of carbonyl (C=O) groups excluding carboxylic acids is 1. The number of carbonyl (C=O) groups is 1. The lowest BCUT2D eigenvalue weighted by atomic mass is 10.1. The molecule has 2 aromatic rings. The van der Waals surface area contributed by atoms with Crippen LogP contribution >= 0.6 is 0 Å². The van der Waals surface area contributed by atoms with E-state index in [1.165, 1.54) is 7.11 Å². The minimum absolute atomic E-state index is 0.116. The molecule has 0 aromatic heterocycles. The first-order valence-corrected chi connectivity index (χ1v) is 9.45. The molecule has 0 aliphatic rings. The van der Waals surface area contributed by atoms with E-state index in [4.69, 9.17) is 19.0 Å². The predicted molar refractivity (Wildman–Crippen MR) is 109 cm³/mol. The molecule has 0 radical (unpaired) electrons. The number of hydrogen-bond acceptors (Lipinski definition) is 6. The molecular formula is C22H29NO6. The fraction of sp³-hybridized carbons (Fsp3) is 0.409. The molecule has 0 fully saturated rings. The van der Waals surface area contributed by atoms with Crippen molar-refractivity contribution in [3.05, 3.63) is 59.7 Å². The maximum absolute atomic E-state index is 12.3. The Morgan fingerprint density at radius 1 is 1.10 bits per heavy atom. The summed E-state index contributed by atoms with van der Waals surface area (Å²) in [7, 11) is 4.58. The number of benzene rings is 2. The van der Waals surface area contributed by atoms with Gasteiger partial charge in [-0.3, -0.25) is 9.63 Å². The molecule has 0 aliphatic heterocycles. The number of likely N-dealkylation sites (N-methyl/N-ethyl adjacent to an activating group) is 1. The van der Waals surface area contributed by atoms with E-state index in [2.05, 4.69) is 0 Å². The van der Waals surface area contributed by atoms with Crippen LogP contribution in [-0.2, 0) is 20.8 Å². The zero-order chi connectivity index (χ0) is 21.2. The molecule has 0 spiro atoms. The summed E-state index contributed by atoms with van der Waals surface area (Å²) in [4.78, 5) is 17.3. The topological polar surface area (TPSA) is 77.5 Å². The van der Waals surface area contributed by atoms with E-state index in [9.17, 15) is 9.90 Å². The van der Waals surface area contributed by atoms with Crippen LogP contribution in [0.25, 0.3) is 0 Å². The number of amides is 1. The fourth-order valence-electron chi connectivity index (χ4n) is 2.77. The van der Waals surface area contributed by atoms with E-state index in [1.807, 2.05) is 37.3 Å². The van der Waals surface area contributed by atoms with Gasteiger partial charge < -0.3 is 19.3 Å². The van der Waals surface area contributed by atoms with Gasteiger partial charge in [-0.05, 0) is 42.3 Å². The first-order chi connectivity index (χ1) is 14.0. The van der Waals surface area contributed by atoms with Crippen molar-refractivity contribution in [3.63, 3.8) is 0 Å². The van der Waals surface area contributed by atoms with Crippen LogP contribution in [-0.4, -0.2) is 56.7 Å². The maximum atomic E-state index is 12.3. The van der Waals surface area contributed by atoms with E-state index in [-0.39, 0.29) is 12.5 Å². The lowest BCUT2D eigenvalue weighted by molar-refractivity contribution is -0.180. The number of aliphatic hydroxyl groups is 1. The summed E-state index contributed by atoms with van der Waals surface area (Å²) in [6.45, 7) is 2.39. The first kappa shape index (κ1) is 22.7. The van der Waals surface area contributed by atoms with Crippen LogP contribution in [0.4, 0.5) is 0 Å². The van der Waals surface area contributed by atoms with Crippen LogP contribution in [0.1, 0.15) is 24.2 Å². The summed E-state index contributed by atoms with van der Waals surface area (Å²) >= 11 is 0. The van der Waals surface area contributed by atoms with Gasteiger partial charge in [0.15, 0.2) is 0 Å². The molecule has 7 heteroatoms. The summed E-state index contributed by atoms with van der Waals surface area (Å²) in [6.07, 6.45) is -0.964. The highest BCUT2D eigenvalue weighted by Gasteiger charge is 2.23. The Morgan fingerprint density at radius 3 is 2.45 bits per heavy atom. The Balaban J connectivity index is 1.94. The van der Waals surface area contributed by atoms with Crippen molar-refractivity contribution in [1.29, 1.82) is 0 Å². The zero-order valence-electron chi connectivity index (χ0n) is 17.3. The number of aliphatic hydroxyl groups excluding tert-OH is 1. The van der Waals surface area contributed by atoms with Crippen LogP contribution in [0.2, 0.25) is 0 Å². The van der Waals surface area contributed by atoms with Crippen LogP contribution < -0.4 is 9.47 Å². The van der Waals surface area contributed by atoms with Gasteiger partial charge in [-0.15, -0.1) is 0 Å². The number of hydroxylamine groups is 2. The minimum atomic E-state index is -0.769. The second kappa shape index (κ2) is 11.4. The molecule has 2 atom stereocenters. The smallest absolute Gasteiger partial charge is 0.275 e. The van der Waals surface area contributed by atoms with Crippen molar-refractivity contribution in [2.24, 2.45) is 0 Å². The average molecular weight is 403 g/mol. The Labute approximate surface area is 171 Å². The number of methoxy groups -OCH3 is 1. The molecule has 0 saturated carbocycles. The van der Waals surface area contributed by atoms with Crippen molar-refractivity contribution in [2.45, 2.75) is 25.6 Å². The summed E-state index contributed by atoms with van der Waals surface area (Å²) in [5.74, 6) is 1.07. The highest BCUT2D eigenvalue weighted by atomic mass is 16.7. The summed E-state index contributed by atoms with van der Waals surface area (Å²) in [5.41, 5.74) is 1.66. The monoisotopic (exact) mass is 403 g/mol. The number of rotatable bonds is 11. The van der Waals surface area contributed by atoms with Gasteiger partial charge in [0.2, 0.25) is 0 Å². The van der Waals surface area contributed by atoms with Crippen LogP contribution in [0.15, 0.2) is 48.5 Å². The number of ether oxygens (including phenoxy) is 3. The Bertz CT molecular complexity index is 764. The van der Waals surface area contributed by atoms with Crippen molar-refractivity contribution in [2.75, 3.05) is 34.5 Å². The molecule has 158 valence electrons. The van der Waals surface area contributed by atoms with Gasteiger partial charge in [0.25, 0.3) is 5.91 Å². The van der Waals surface area contributed by atoms with E-state index < -0.39 is 12.2 Å². The summed E-state index contributed by atoms with van der Waals surface area (Å²) in [5, 5.41) is 11.5. The molecule has 29 heavy (non-hydrogen) atoms. The first-order valence-electron chi connectivity index (χ1n) is 9.45. The highest BCUT2D eigenvalue weighted by Crippen LogP contribution is 2.21. The zero-order valence-corrected chi connectivity index (χ0v) is 17.3. The predicted octanol–water partition coefficient (Wildman–Crippen LogP) is 2.78. The third-order valence-corrected chi connectivity index (χ3v) is 4.46. The molecule has 0 unspecified atom stereocenters. The Hall–Kier alpha value is -2.61. The van der Waals surface area contributed by atoms with Gasteiger partial charge in [-0.25, -0.2) is 5.06 Å². The second-order valence-electron chi connectivity index (χ2n) is 6.41. The summed E-state index contributed by atoms with van der Waals surface area (Å²) in [6, 6.07) is 14.6. The van der Waals surface area contributed by atoms with Gasteiger partial charge in [0, 0.05) is 20.1 Å². The molecule has 0 aliphatic carbocycles. The molecule has 0 heterocycles. The standard InChI is InChI=1S/C22H29NO6/c1-5-28-21(22(25)23(2)27-4)13-16-9-11-18(12-10-16)29-15-20(24)17-7-6-8-19(14-17)26-3/h6-12,14,20-21,24H,5,13,15H2,1-4H3/t20-,21+/m1/s1. The van der Waals surface area contributed by atoms with Crippen LogP contribution in [0.3, 0.4) is 0 Å². The molecule has 0 bridgehead atoms. The van der Waals surface area contributed by atoms with E-state index in [1.54, 1.807) is 32.4 Å². The molecule has 0 saturated heterocycles. The second-order valence-corrected chi connectivity index (χ2v) is 6.41. The number of nitrogens with zero attached hydrogens (tertiary/aromatic N) is 1. The molecule has 2 rings (SSSR count). The van der Waals surface area contributed by atoms with Gasteiger partial charge in [-0.2, -0.15) is 0 Å². The fourth-order valence-corrected chi connectivity index (χ4v) is 2.77. The minimum Gasteiger partial charge on any atom is -0.497 e. The molecular weight excluding hydrogens is 374 g/mol. The molecule has 2 aromatic carbocycles. The van der Waals surface area contributed by atoms with Gasteiger partial charge >= 0.3 is 0 Å². The third kappa shape index (κ3) is 6.74. The van der Waals surface area contributed by atoms with Gasteiger partial charge in [0.1, 0.15) is 30.3 Å². The number of hydrogen-bond donors (Lipinski definition) is 1. The van der Waals surface area contributed by atoms with Crippen molar-refractivity contribution < 1.29 is 28.9 Å². The van der Waals surface area contributed by atoms with Gasteiger partial charge in [-0.1, -0.05) is 24.3 Å². The average Bonchev–Trinajstić information content (AvgIpc) is 2.77. The maximum Gasteiger partial charge on any atom is 0.275 e. The van der Waals surface area contributed by atoms with Crippen molar-refractivity contribution in [3.8, 4) is 11.5 Å². The SMILES string of the molecule is CCO[C@@H](Cc1ccc(OC[C@@H](O)c2cccc(OC)c2)cc1)C(=O)N(C)OC. The van der Waals surface area contributed by atoms with Crippen molar-refractivity contribution in [1.82, 2.24) is 5.06 Å². The van der Waals surface area contributed by atoms with Crippen LogP contribution in [0.5, 0.6) is 11.5 Å². The Kier molecular flexibility index (Phi) is 8.92. The highest BCUT2D eigenvalue weighted by molar-refractivity contribution is 5.80. The summed E-state index contributed by atoms with van der Waals surface area (Å²) < 4.78 is 16.4. The molecule has 7 nitrogen and oxygen atoms in total. The molecule has 1 amide bonds. The third-order valence-electron chi connectivity index (χ3n) is 4.46. The lowest BCUT2D eigenvalue weighted by Crippen LogP contribution is -2.38. The van der Waals surface area contributed by atoms with E-state index in [0.29, 0.717) is 24.5 Å². The van der Waals surface area contributed by atoms with Crippen LogP contribution in [0, 0.1) is 0 Å². The van der Waals surface area contributed by atoms with Crippen molar-refractivity contribution >= 4 is 5.91 Å².